The lowest BCUT2D eigenvalue weighted by molar-refractivity contribution is -0.274. The molecular formula is C15H14F3NO. The molecular weight excluding hydrogens is 267 g/mol. The van der Waals surface area contributed by atoms with Crippen molar-refractivity contribution in [3.8, 4) is 16.9 Å². The predicted octanol–water partition coefficient (Wildman–Crippen LogP) is 4.02. The monoisotopic (exact) mass is 281 g/mol. The third kappa shape index (κ3) is 3.30. The largest absolute Gasteiger partial charge is 0.573 e. The SMILES string of the molecule is Cc1ccc(-c2ccccc2OC(F)(F)F)cc1CN. The van der Waals surface area contributed by atoms with Gasteiger partial charge in [-0.05, 0) is 35.7 Å². The summed E-state index contributed by atoms with van der Waals surface area (Å²) >= 11 is 0. The van der Waals surface area contributed by atoms with Crippen molar-refractivity contribution in [2.45, 2.75) is 19.8 Å². The zero-order chi connectivity index (χ0) is 14.8. The van der Waals surface area contributed by atoms with Gasteiger partial charge < -0.3 is 10.5 Å². The predicted molar refractivity (Wildman–Crippen MR) is 71.2 cm³/mol. The Labute approximate surface area is 115 Å². The van der Waals surface area contributed by atoms with Crippen LogP contribution < -0.4 is 10.5 Å². The Kier molecular flexibility index (Phi) is 3.99. The zero-order valence-electron chi connectivity index (χ0n) is 10.9. The number of ether oxygens (including phenoxy) is 1. The molecule has 0 aromatic heterocycles. The highest BCUT2D eigenvalue weighted by molar-refractivity contribution is 5.71. The lowest BCUT2D eigenvalue weighted by Gasteiger charge is -2.14. The minimum Gasteiger partial charge on any atom is -0.405 e. The van der Waals surface area contributed by atoms with Crippen LogP contribution in [0.2, 0.25) is 0 Å². The van der Waals surface area contributed by atoms with Gasteiger partial charge in [-0.25, -0.2) is 0 Å². The lowest BCUT2D eigenvalue weighted by Crippen LogP contribution is -2.17. The summed E-state index contributed by atoms with van der Waals surface area (Å²) in [5.41, 5.74) is 8.56. The van der Waals surface area contributed by atoms with Crippen molar-refractivity contribution in [2.75, 3.05) is 0 Å². The second-order valence-electron chi connectivity index (χ2n) is 4.39. The van der Waals surface area contributed by atoms with E-state index in [9.17, 15) is 13.2 Å². The number of hydrogen-bond acceptors (Lipinski definition) is 2. The molecule has 2 aromatic rings. The van der Waals surface area contributed by atoms with Crippen molar-refractivity contribution >= 4 is 0 Å². The topological polar surface area (TPSA) is 35.2 Å². The van der Waals surface area contributed by atoms with Crippen LogP contribution in [0.4, 0.5) is 13.2 Å². The van der Waals surface area contributed by atoms with Crippen LogP contribution in [0.5, 0.6) is 5.75 Å². The minimum atomic E-state index is -4.71. The number of benzene rings is 2. The summed E-state index contributed by atoms with van der Waals surface area (Å²) < 4.78 is 41.3. The highest BCUT2D eigenvalue weighted by atomic mass is 19.4. The Morgan fingerprint density at radius 3 is 2.45 bits per heavy atom. The normalized spacial score (nSPS) is 11.4. The van der Waals surface area contributed by atoms with Crippen LogP contribution in [0, 0.1) is 6.92 Å². The van der Waals surface area contributed by atoms with Gasteiger partial charge in [0.2, 0.25) is 0 Å². The fraction of sp³-hybridized carbons (Fsp3) is 0.200. The average molecular weight is 281 g/mol. The molecule has 0 aliphatic carbocycles. The molecule has 20 heavy (non-hydrogen) atoms. The van der Waals surface area contributed by atoms with Crippen molar-refractivity contribution in [1.82, 2.24) is 0 Å². The van der Waals surface area contributed by atoms with Crippen LogP contribution in [-0.4, -0.2) is 6.36 Å². The first kappa shape index (κ1) is 14.4. The van der Waals surface area contributed by atoms with E-state index in [1.807, 2.05) is 13.0 Å². The number of para-hydroxylation sites is 1. The molecule has 0 fully saturated rings. The Balaban J connectivity index is 2.47. The Morgan fingerprint density at radius 1 is 1.10 bits per heavy atom. The second kappa shape index (κ2) is 5.54. The summed E-state index contributed by atoms with van der Waals surface area (Å²) in [7, 11) is 0. The van der Waals surface area contributed by atoms with Gasteiger partial charge in [-0.1, -0.05) is 30.3 Å². The first-order valence-electron chi connectivity index (χ1n) is 6.05. The van der Waals surface area contributed by atoms with E-state index in [0.717, 1.165) is 11.1 Å². The summed E-state index contributed by atoms with van der Waals surface area (Å²) in [6.07, 6.45) is -4.71. The third-order valence-electron chi connectivity index (χ3n) is 2.99. The molecule has 0 spiro atoms. The van der Waals surface area contributed by atoms with E-state index < -0.39 is 6.36 Å². The standard InChI is InChI=1S/C15H14F3NO/c1-10-6-7-11(8-12(10)9-19)13-4-2-3-5-14(13)20-15(16,17)18/h2-8H,9,19H2,1H3. The fourth-order valence-electron chi connectivity index (χ4n) is 1.98. The lowest BCUT2D eigenvalue weighted by atomic mass is 9.99. The van der Waals surface area contributed by atoms with E-state index in [4.69, 9.17) is 5.73 Å². The number of nitrogens with two attached hydrogens (primary N) is 1. The van der Waals surface area contributed by atoms with Crippen LogP contribution in [0.15, 0.2) is 42.5 Å². The first-order valence-corrected chi connectivity index (χ1v) is 6.05. The number of halogens is 3. The highest BCUT2D eigenvalue weighted by Gasteiger charge is 2.32. The molecule has 2 rings (SSSR count). The van der Waals surface area contributed by atoms with Crippen LogP contribution in [0.3, 0.4) is 0 Å². The Morgan fingerprint density at radius 2 is 1.80 bits per heavy atom. The van der Waals surface area contributed by atoms with Gasteiger partial charge in [-0.3, -0.25) is 0 Å². The summed E-state index contributed by atoms with van der Waals surface area (Å²) in [6.45, 7) is 2.24. The van der Waals surface area contributed by atoms with Crippen LogP contribution in [-0.2, 0) is 6.54 Å². The molecule has 0 saturated heterocycles. The van der Waals surface area contributed by atoms with Gasteiger partial charge in [0.05, 0.1) is 0 Å². The van der Waals surface area contributed by atoms with Crippen LogP contribution in [0.1, 0.15) is 11.1 Å². The van der Waals surface area contributed by atoms with Gasteiger partial charge >= 0.3 is 6.36 Å². The zero-order valence-corrected chi connectivity index (χ0v) is 10.9. The number of alkyl halides is 3. The molecule has 0 atom stereocenters. The Bertz CT molecular complexity index is 608. The van der Waals surface area contributed by atoms with Crippen molar-refractivity contribution in [3.63, 3.8) is 0 Å². The number of aryl methyl sites for hydroxylation is 1. The minimum absolute atomic E-state index is 0.216. The van der Waals surface area contributed by atoms with Gasteiger partial charge in [0.25, 0.3) is 0 Å². The molecule has 2 aromatic carbocycles. The summed E-state index contributed by atoms with van der Waals surface area (Å²) in [5.74, 6) is -0.216. The maximum absolute atomic E-state index is 12.4. The van der Waals surface area contributed by atoms with Crippen molar-refractivity contribution in [1.29, 1.82) is 0 Å². The maximum Gasteiger partial charge on any atom is 0.573 e. The molecule has 0 saturated carbocycles. The Hall–Kier alpha value is -2.01. The quantitative estimate of drug-likeness (QED) is 0.922. The molecule has 2 N–H and O–H groups in total. The first-order chi connectivity index (χ1) is 9.40. The van der Waals surface area contributed by atoms with Gasteiger partial charge in [-0.15, -0.1) is 13.2 Å². The van der Waals surface area contributed by atoms with Crippen LogP contribution in [0.25, 0.3) is 11.1 Å². The van der Waals surface area contributed by atoms with Gasteiger partial charge in [0, 0.05) is 12.1 Å². The summed E-state index contributed by atoms with van der Waals surface area (Å²) in [5, 5.41) is 0. The summed E-state index contributed by atoms with van der Waals surface area (Å²) in [4.78, 5) is 0. The molecule has 5 heteroatoms. The van der Waals surface area contributed by atoms with E-state index >= 15 is 0 Å². The van der Waals surface area contributed by atoms with Crippen LogP contribution >= 0.6 is 0 Å². The maximum atomic E-state index is 12.4. The third-order valence-corrected chi connectivity index (χ3v) is 2.99. The van der Waals surface area contributed by atoms with Gasteiger partial charge in [0.1, 0.15) is 5.75 Å². The fourth-order valence-corrected chi connectivity index (χ4v) is 1.98. The summed E-state index contributed by atoms with van der Waals surface area (Å²) in [6, 6.07) is 11.4. The number of rotatable bonds is 3. The van der Waals surface area contributed by atoms with E-state index in [-0.39, 0.29) is 5.75 Å². The van der Waals surface area contributed by atoms with Crippen molar-refractivity contribution < 1.29 is 17.9 Å². The molecule has 0 radical (unpaired) electrons. The van der Waals surface area contributed by atoms with Gasteiger partial charge in [-0.2, -0.15) is 0 Å². The smallest absolute Gasteiger partial charge is 0.405 e. The van der Waals surface area contributed by atoms with Crippen molar-refractivity contribution in [2.24, 2.45) is 5.73 Å². The molecule has 0 unspecified atom stereocenters. The van der Waals surface area contributed by atoms with Gasteiger partial charge in [0.15, 0.2) is 0 Å². The van der Waals surface area contributed by atoms with E-state index in [2.05, 4.69) is 4.74 Å². The van der Waals surface area contributed by atoms with E-state index in [0.29, 0.717) is 17.7 Å². The van der Waals surface area contributed by atoms with E-state index in [1.165, 1.54) is 12.1 Å². The molecule has 0 bridgehead atoms. The second-order valence-corrected chi connectivity index (χ2v) is 4.39. The highest BCUT2D eigenvalue weighted by Crippen LogP contribution is 2.34. The molecule has 0 amide bonds. The molecule has 0 aliphatic heterocycles. The van der Waals surface area contributed by atoms with Crippen molar-refractivity contribution in [3.05, 3.63) is 53.6 Å². The molecule has 106 valence electrons. The molecule has 0 aliphatic rings. The average Bonchev–Trinajstić information content (AvgIpc) is 2.38. The number of hydrogen-bond donors (Lipinski definition) is 1. The molecule has 0 heterocycles. The molecule has 2 nitrogen and oxygen atoms in total. The van der Waals surface area contributed by atoms with E-state index in [1.54, 1.807) is 24.3 Å².